The van der Waals surface area contributed by atoms with Gasteiger partial charge in [0.25, 0.3) is 0 Å². The second kappa shape index (κ2) is 5.82. The number of aromatic nitrogens is 2. The van der Waals surface area contributed by atoms with Crippen molar-refractivity contribution in [2.24, 2.45) is 12.8 Å². The van der Waals surface area contributed by atoms with E-state index in [-0.39, 0.29) is 18.7 Å². The number of hydrogen-bond acceptors (Lipinski definition) is 4. The molecule has 3 N–H and O–H groups in total. The highest BCUT2D eigenvalue weighted by Gasteiger charge is 2.36. The second-order valence-electron chi connectivity index (χ2n) is 5.16. The Labute approximate surface area is 109 Å². The van der Waals surface area contributed by atoms with Gasteiger partial charge in [-0.05, 0) is 19.3 Å². The molecule has 1 aliphatic rings. The first-order valence-corrected chi connectivity index (χ1v) is 6.78. The first kappa shape index (κ1) is 13.5. The van der Waals surface area contributed by atoms with Gasteiger partial charge in [-0.15, -0.1) is 0 Å². The average Bonchev–Trinajstić information content (AvgIpc) is 3.12. The van der Waals surface area contributed by atoms with Gasteiger partial charge < -0.3 is 10.8 Å². The lowest BCUT2D eigenvalue weighted by Gasteiger charge is -2.34. The van der Waals surface area contributed by atoms with Crippen LogP contribution in [0.4, 0.5) is 0 Å². The maximum atomic E-state index is 9.27. The molecule has 5 heteroatoms. The highest BCUT2D eigenvalue weighted by Crippen LogP contribution is 2.35. The standard InChI is InChI=1S/C13H24N4O/c1-3-12(14)13(10-8-15-16(2)9-10)17(6-7-18)11-4-5-11/h8-9,11-13,18H,3-7,14H2,1-2H3. The number of rotatable bonds is 7. The number of aliphatic hydroxyl groups excluding tert-OH is 1. The Bertz CT molecular complexity index is 375. The molecule has 5 nitrogen and oxygen atoms in total. The van der Waals surface area contributed by atoms with Crippen LogP contribution in [0.3, 0.4) is 0 Å². The number of hydrogen-bond donors (Lipinski definition) is 2. The first-order valence-electron chi connectivity index (χ1n) is 6.78. The molecule has 2 atom stereocenters. The Morgan fingerprint density at radius 3 is 2.78 bits per heavy atom. The van der Waals surface area contributed by atoms with Crippen molar-refractivity contribution in [2.45, 2.75) is 44.3 Å². The van der Waals surface area contributed by atoms with Gasteiger partial charge in [-0.25, -0.2) is 0 Å². The van der Waals surface area contributed by atoms with Gasteiger partial charge in [0.2, 0.25) is 0 Å². The van der Waals surface area contributed by atoms with E-state index in [0.29, 0.717) is 12.6 Å². The molecule has 0 amide bonds. The second-order valence-corrected chi connectivity index (χ2v) is 5.16. The first-order chi connectivity index (χ1) is 8.67. The van der Waals surface area contributed by atoms with E-state index in [4.69, 9.17) is 5.73 Å². The highest BCUT2D eigenvalue weighted by atomic mass is 16.3. The fourth-order valence-corrected chi connectivity index (χ4v) is 2.57. The van der Waals surface area contributed by atoms with Gasteiger partial charge in [0.15, 0.2) is 0 Å². The molecular weight excluding hydrogens is 228 g/mol. The van der Waals surface area contributed by atoms with Crippen LogP contribution in [0.25, 0.3) is 0 Å². The molecule has 1 saturated carbocycles. The molecule has 0 radical (unpaired) electrons. The van der Waals surface area contributed by atoms with E-state index in [1.54, 1.807) is 0 Å². The summed E-state index contributed by atoms with van der Waals surface area (Å²) in [4.78, 5) is 2.35. The predicted octanol–water partition coefficient (Wildman–Crippen LogP) is 0.655. The number of aliphatic hydroxyl groups is 1. The maximum Gasteiger partial charge on any atom is 0.0558 e. The SMILES string of the molecule is CCC(N)C(c1cnn(C)c1)N(CCO)C1CC1. The molecular formula is C13H24N4O. The quantitative estimate of drug-likeness (QED) is 0.748. The van der Waals surface area contributed by atoms with Crippen LogP contribution in [-0.2, 0) is 7.05 Å². The summed E-state index contributed by atoms with van der Waals surface area (Å²) in [6.07, 6.45) is 7.29. The van der Waals surface area contributed by atoms with Crippen LogP contribution in [0.5, 0.6) is 0 Å². The molecule has 0 spiro atoms. The van der Waals surface area contributed by atoms with E-state index < -0.39 is 0 Å². The van der Waals surface area contributed by atoms with Gasteiger partial charge >= 0.3 is 0 Å². The zero-order chi connectivity index (χ0) is 13.1. The van der Waals surface area contributed by atoms with Gasteiger partial charge in [0, 0.05) is 37.4 Å². The minimum Gasteiger partial charge on any atom is -0.395 e. The van der Waals surface area contributed by atoms with Crippen molar-refractivity contribution in [2.75, 3.05) is 13.2 Å². The summed E-state index contributed by atoms with van der Waals surface area (Å²) in [5.41, 5.74) is 7.45. The molecule has 2 unspecified atom stereocenters. The average molecular weight is 252 g/mol. The van der Waals surface area contributed by atoms with Crippen LogP contribution < -0.4 is 5.73 Å². The topological polar surface area (TPSA) is 67.3 Å². The van der Waals surface area contributed by atoms with Crippen molar-refractivity contribution < 1.29 is 5.11 Å². The fraction of sp³-hybridized carbons (Fsp3) is 0.769. The minimum absolute atomic E-state index is 0.0846. The summed E-state index contributed by atoms with van der Waals surface area (Å²) in [5, 5.41) is 13.5. The smallest absolute Gasteiger partial charge is 0.0558 e. The van der Waals surface area contributed by atoms with E-state index >= 15 is 0 Å². The van der Waals surface area contributed by atoms with E-state index in [0.717, 1.165) is 12.0 Å². The van der Waals surface area contributed by atoms with Crippen molar-refractivity contribution >= 4 is 0 Å². The van der Waals surface area contributed by atoms with E-state index in [9.17, 15) is 5.11 Å². The largest absolute Gasteiger partial charge is 0.395 e. The molecule has 1 heterocycles. The van der Waals surface area contributed by atoms with Gasteiger partial charge in [-0.1, -0.05) is 6.92 Å². The summed E-state index contributed by atoms with van der Waals surface area (Å²) in [6.45, 7) is 2.99. The third kappa shape index (κ3) is 2.91. The third-order valence-corrected chi connectivity index (χ3v) is 3.67. The van der Waals surface area contributed by atoms with Gasteiger partial charge in [-0.2, -0.15) is 5.10 Å². The Morgan fingerprint density at radius 1 is 1.61 bits per heavy atom. The Hall–Kier alpha value is -0.910. The van der Waals surface area contributed by atoms with Gasteiger partial charge in [0.05, 0.1) is 18.8 Å². The summed E-state index contributed by atoms with van der Waals surface area (Å²) in [5.74, 6) is 0. The lowest BCUT2D eigenvalue weighted by molar-refractivity contribution is 0.124. The summed E-state index contributed by atoms with van der Waals surface area (Å²) < 4.78 is 1.81. The molecule has 0 saturated heterocycles. The van der Waals surface area contributed by atoms with Crippen molar-refractivity contribution in [1.29, 1.82) is 0 Å². The van der Waals surface area contributed by atoms with Crippen LogP contribution in [0.1, 0.15) is 37.8 Å². The molecule has 18 heavy (non-hydrogen) atoms. The Balaban J connectivity index is 2.22. The van der Waals surface area contributed by atoms with Crippen LogP contribution in [-0.4, -0.2) is 45.0 Å². The summed E-state index contributed by atoms with van der Waals surface area (Å²) in [7, 11) is 1.92. The lowest BCUT2D eigenvalue weighted by atomic mass is 9.98. The molecule has 1 fully saturated rings. The van der Waals surface area contributed by atoms with E-state index in [2.05, 4.69) is 16.9 Å². The molecule has 1 aromatic heterocycles. The summed E-state index contributed by atoms with van der Waals surface area (Å²) >= 11 is 0. The monoisotopic (exact) mass is 252 g/mol. The van der Waals surface area contributed by atoms with Crippen LogP contribution in [0.15, 0.2) is 12.4 Å². The van der Waals surface area contributed by atoms with Gasteiger partial charge in [0.1, 0.15) is 0 Å². The molecule has 1 aromatic rings. The van der Waals surface area contributed by atoms with Crippen molar-refractivity contribution in [3.63, 3.8) is 0 Å². The van der Waals surface area contributed by atoms with E-state index in [1.165, 1.54) is 12.8 Å². The number of aryl methyl sites for hydroxylation is 1. The number of nitrogens with zero attached hydrogens (tertiary/aromatic N) is 3. The molecule has 1 aliphatic carbocycles. The Kier molecular flexibility index (Phi) is 4.37. The molecule has 0 bridgehead atoms. The van der Waals surface area contributed by atoms with Gasteiger partial charge in [-0.3, -0.25) is 9.58 Å². The van der Waals surface area contributed by atoms with Crippen molar-refractivity contribution in [3.05, 3.63) is 18.0 Å². The zero-order valence-corrected chi connectivity index (χ0v) is 11.3. The number of nitrogens with two attached hydrogens (primary N) is 1. The minimum atomic E-state index is 0.0846. The highest BCUT2D eigenvalue weighted by molar-refractivity contribution is 5.15. The third-order valence-electron chi connectivity index (χ3n) is 3.67. The Morgan fingerprint density at radius 2 is 2.33 bits per heavy atom. The zero-order valence-electron chi connectivity index (χ0n) is 11.3. The van der Waals surface area contributed by atoms with Crippen LogP contribution in [0, 0.1) is 0 Å². The molecule has 102 valence electrons. The normalized spacial score (nSPS) is 19.2. The molecule has 0 aliphatic heterocycles. The van der Waals surface area contributed by atoms with Crippen molar-refractivity contribution in [1.82, 2.24) is 14.7 Å². The van der Waals surface area contributed by atoms with Crippen molar-refractivity contribution in [3.8, 4) is 0 Å². The lowest BCUT2D eigenvalue weighted by Crippen LogP contribution is -2.43. The molecule has 0 aromatic carbocycles. The van der Waals surface area contributed by atoms with Crippen LogP contribution >= 0.6 is 0 Å². The predicted molar refractivity (Wildman–Crippen MR) is 71.0 cm³/mol. The fourth-order valence-electron chi connectivity index (χ4n) is 2.57. The maximum absolute atomic E-state index is 9.27. The van der Waals surface area contributed by atoms with Crippen LogP contribution in [0.2, 0.25) is 0 Å². The van der Waals surface area contributed by atoms with E-state index in [1.807, 2.05) is 24.1 Å². The summed E-state index contributed by atoms with van der Waals surface area (Å²) in [6, 6.07) is 0.838. The molecule has 2 rings (SSSR count).